The fourth-order valence-electron chi connectivity index (χ4n) is 2.61. The van der Waals surface area contributed by atoms with E-state index in [9.17, 15) is 0 Å². The van der Waals surface area contributed by atoms with Crippen LogP contribution < -0.4 is 5.43 Å². The second-order valence-corrected chi connectivity index (χ2v) is 11.2. The van der Waals surface area contributed by atoms with E-state index < -0.39 is 0 Å². The highest BCUT2D eigenvalue weighted by molar-refractivity contribution is 7.80. The molecule has 2 aromatic carbocycles. The fourth-order valence-corrected chi connectivity index (χ4v) is 2.84. The molecule has 4 heteroatoms. The summed E-state index contributed by atoms with van der Waals surface area (Å²) in [5.74, 6) is 0.864. The zero-order valence-electron chi connectivity index (χ0n) is 23.1. The number of hydrogen-bond acceptors (Lipinski definition) is 4. The van der Waals surface area contributed by atoms with Crippen LogP contribution in [-0.4, -0.2) is 17.9 Å². The van der Waals surface area contributed by atoms with Crippen molar-refractivity contribution in [3.05, 3.63) is 102 Å². The van der Waals surface area contributed by atoms with Crippen molar-refractivity contribution in [3.63, 3.8) is 0 Å². The summed E-state index contributed by atoms with van der Waals surface area (Å²) in [5, 5.41) is 1.99. The van der Waals surface area contributed by atoms with Crippen molar-refractivity contribution in [2.24, 2.45) is 15.8 Å². The number of thiol groups is 1. The molecule has 0 aliphatic carbocycles. The largest absolute Gasteiger partial charge is 0.301 e. The molecule has 0 spiro atoms. The van der Waals surface area contributed by atoms with Crippen molar-refractivity contribution in [2.45, 2.75) is 66.5 Å². The molecule has 1 aliphatic heterocycles. The molecule has 1 unspecified atom stereocenters. The lowest BCUT2D eigenvalue weighted by Gasteiger charge is -2.34. The van der Waals surface area contributed by atoms with Crippen molar-refractivity contribution >= 4 is 18.5 Å². The molecular weight excluding hydrogens is 446 g/mol. The maximum atomic E-state index is 4.75. The molecule has 1 atom stereocenters. The number of rotatable bonds is 4. The van der Waals surface area contributed by atoms with Gasteiger partial charge in [0.05, 0.1) is 0 Å². The normalized spacial score (nSPS) is 16.5. The Labute approximate surface area is 220 Å². The van der Waals surface area contributed by atoms with Crippen LogP contribution in [-0.2, 0) is 0 Å². The Morgan fingerprint density at radius 3 is 2.03 bits per heavy atom. The number of hydrazine groups is 1. The maximum Gasteiger partial charge on any atom is 0.146 e. The standard InChI is InChI=1S/C16H19N3S.C8H18.C7H8/c1-4-6-8-12(5-2)15-17-16(19(3)18-15)13-9-7-10-14(20)11-13;1-7(2,3)8(4,5)6;1-7-5-3-2-4-6-7/h4-11,16,20H,1H2,2-3H3,(H,17,18);1-6H3;2-6H,1H3/b8-6-,12-5+;;. The number of nitrogens with zero attached hydrogens (tertiary/aromatic N) is 2. The molecule has 0 bridgehead atoms. The smallest absolute Gasteiger partial charge is 0.146 e. The number of aliphatic imine (C=N–C) groups is 1. The van der Waals surface area contributed by atoms with Gasteiger partial charge < -0.3 is 5.43 Å². The lowest BCUT2D eigenvalue weighted by Crippen LogP contribution is -2.34. The first-order valence-corrected chi connectivity index (χ1v) is 12.6. The lowest BCUT2D eigenvalue weighted by atomic mass is 9.71. The zero-order valence-corrected chi connectivity index (χ0v) is 24.0. The Kier molecular flexibility index (Phi) is 12.3. The van der Waals surface area contributed by atoms with Crippen LogP contribution in [0.4, 0.5) is 0 Å². The van der Waals surface area contributed by atoms with Gasteiger partial charge in [-0.15, -0.1) is 12.6 Å². The van der Waals surface area contributed by atoms with Gasteiger partial charge in [-0.1, -0.05) is 120 Å². The summed E-state index contributed by atoms with van der Waals surface area (Å²) in [7, 11) is 1.98. The third-order valence-electron chi connectivity index (χ3n) is 6.26. The van der Waals surface area contributed by atoms with Crippen molar-refractivity contribution in [2.75, 3.05) is 7.05 Å². The highest BCUT2D eigenvalue weighted by Crippen LogP contribution is 2.36. The zero-order chi connectivity index (χ0) is 26.6. The van der Waals surface area contributed by atoms with Gasteiger partial charge in [0, 0.05) is 17.5 Å². The van der Waals surface area contributed by atoms with Gasteiger partial charge in [0.25, 0.3) is 0 Å². The van der Waals surface area contributed by atoms with Gasteiger partial charge in [-0.25, -0.2) is 4.99 Å². The summed E-state index contributed by atoms with van der Waals surface area (Å²) in [6.45, 7) is 21.4. The van der Waals surface area contributed by atoms with Crippen LogP contribution in [0.3, 0.4) is 0 Å². The summed E-state index contributed by atoms with van der Waals surface area (Å²) < 4.78 is 0. The first kappa shape index (κ1) is 30.5. The Bertz CT molecular complexity index is 994. The third-order valence-corrected chi connectivity index (χ3v) is 6.53. The number of aryl methyl sites for hydroxylation is 1. The average molecular weight is 492 g/mol. The van der Waals surface area contributed by atoms with Crippen LogP contribution in [0.1, 0.15) is 65.8 Å². The molecule has 0 aromatic heterocycles. The third kappa shape index (κ3) is 10.7. The molecule has 0 saturated carbocycles. The highest BCUT2D eigenvalue weighted by Gasteiger charge is 2.27. The van der Waals surface area contributed by atoms with Crippen LogP contribution in [0.15, 0.2) is 101 Å². The summed E-state index contributed by atoms with van der Waals surface area (Å²) in [6.07, 6.45) is 7.64. The van der Waals surface area contributed by atoms with Crippen LogP contribution in [0.5, 0.6) is 0 Å². The van der Waals surface area contributed by atoms with Gasteiger partial charge in [0.2, 0.25) is 0 Å². The molecule has 190 valence electrons. The van der Waals surface area contributed by atoms with E-state index in [1.165, 1.54) is 5.56 Å². The average Bonchev–Trinajstić information content (AvgIpc) is 3.16. The molecule has 1 heterocycles. The van der Waals surface area contributed by atoms with E-state index in [1.807, 2.05) is 73.6 Å². The van der Waals surface area contributed by atoms with Gasteiger partial charge in [-0.2, -0.15) is 5.01 Å². The Hall–Kier alpha value is -2.56. The van der Waals surface area contributed by atoms with Crippen LogP contribution >= 0.6 is 12.6 Å². The highest BCUT2D eigenvalue weighted by atomic mass is 32.1. The first-order chi connectivity index (χ1) is 16.3. The van der Waals surface area contributed by atoms with E-state index in [2.05, 4.69) is 91.3 Å². The van der Waals surface area contributed by atoms with Gasteiger partial charge in [-0.3, -0.25) is 0 Å². The van der Waals surface area contributed by atoms with E-state index in [4.69, 9.17) is 4.99 Å². The number of amidine groups is 1. The van der Waals surface area contributed by atoms with Crippen LogP contribution in [0.2, 0.25) is 0 Å². The number of allylic oxidation sites excluding steroid dienone is 3. The summed E-state index contributed by atoms with van der Waals surface area (Å²) in [6, 6.07) is 18.3. The van der Waals surface area contributed by atoms with E-state index >= 15 is 0 Å². The van der Waals surface area contributed by atoms with Gasteiger partial charge >= 0.3 is 0 Å². The molecule has 0 radical (unpaired) electrons. The Balaban J connectivity index is 0.000000334. The summed E-state index contributed by atoms with van der Waals surface area (Å²) in [5.41, 5.74) is 7.64. The monoisotopic (exact) mass is 491 g/mol. The molecule has 2 aromatic rings. The van der Waals surface area contributed by atoms with Crippen LogP contribution in [0.25, 0.3) is 0 Å². The minimum atomic E-state index is -0.0378. The summed E-state index contributed by atoms with van der Waals surface area (Å²) in [4.78, 5) is 5.69. The van der Waals surface area contributed by atoms with Crippen molar-refractivity contribution < 1.29 is 0 Å². The quantitative estimate of drug-likeness (QED) is 0.331. The number of benzene rings is 2. The van der Waals surface area contributed by atoms with Crippen molar-refractivity contribution in [1.82, 2.24) is 10.4 Å². The predicted octanol–water partition coefficient (Wildman–Crippen LogP) is 8.58. The fraction of sp³-hybridized carbons (Fsp3) is 0.387. The van der Waals surface area contributed by atoms with E-state index in [-0.39, 0.29) is 6.17 Å². The second kappa shape index (κ2) is 14.1. The first-order valence-electron chi connectivity index (χ1n) is 12.1. The van der Waals surface area contributed by atoms with Gasteiger partial charge in [0.15, 0.2) is 0 Å². The SMILES string of the molecule is C=C/C=C\C(=C/C)C1=NC(c2cccc(S)c2)N(C)N1.CC(C)(C)C(C)(C)C.Cc1ccccc1. The molecule has 35 heavy (non-hydrogen) atoms. The minimum absolute atomic E-state index is 0.0378. The molecule has 0 saturated heterocycles. The lowest BCUT2D eigenvalue weighted by molar-refractivity contribution is 0.157. The molecule has 0 fully saturated rings. The van der Waals surface area contributed by atoms with E-state index in [0.717, 1.165) is 21.9 Å². The summed E-state index contributed by atoms with van der Waals surface area (Å²) >= 11 is 4.38. The molecule has 1 aliphatic rings. The van der Waals surface area contributed by atoms with Crippen LogP contribution in [0, 0.1) is 17.8 Å². The minimum Gasteiger partial charge on any atom is -0.301 e. The molecule has 1 N–H and O–H groups in total. The predicted molar refractivity (Wildman–Crippen MR) is 158 cm³/mol. The Morgan fingerprint density at radius 1 is 1.00 bits per heavy atom. The molecule has 3 rings (SSSR count). The maximum absolute atomic E-state index is 4.75. The second-order valence-electron chi connectivity index (χ2n) is 10.7. The molecule has 3 nitrogen and oxygen atoms in total. The van der Waals surface area contributed by atoms with Gasteiger partial charge in [-0.05, 0) is 42.4 Å². The van der Waals surface area contributed by atoms with Crippen molar-refractivity contribution in [3.8, 4) is 0 Å². The number of hydrogen-bond donors (Lipinski definition) is 2. The molecular formula is C31H45N3S. The van der Waals surface area contributed by atoms with Gasteiger partial charge in [0.1, 0.15) is 12.0 Å². The molecule has 0 amide bonds. The Morgan fingerprint density at radius 2 is 1.60 bits per heavy atom. The van der Waals surface area contributed by atoms with E-state index in [0.29, 0.717) is 10.8 Å². The number of nitrogens with one attached hydrogen (secondary N) is 1. The van der Waals surface area contributed by atoms with E-state index in [1.54, 1.807) is 6.08 Å². The van der Waals surface area contributed by atoms with Crippen molar-refractivity contribution in [1.29, 1.82) is 0 Å². The topological polar surface area (TPSA) is 27.6 Å².